The van der Waals surface area contributed by atoms with E-state index in [0.717, 1.165) is 12.2 Å². The van der Waals surface area contributed by atoms with Crippen molar-refractivity contribution in [2.45, 2.75) is 31.8 Å². The van der Waals surface area contributed by atoms with Crippen LogP contribution in [-0.2, 0) is 11.3 Å². The van der Waals surface area contributed by atoms with Gasteiger partial charge in [0.05, 0.1) is 24.7 Å². The predicted octanol–water partition coefficient (Wildman–Crippen LogP) is 1.15. The lowest BCUT2D eigenvalue weighted by Gasteiger charge is -2.33. The zero-order valence-electron chi connectivity index (χ0n) is 12.9. The van der Waals surface area contributed by atoms with E-state index in [2.05, 4.69) is 25.3 Å². The smallest absolute Gasteiger partial charge is 0.225 e. The minimum absolute atomic E-state index is 0.0109. The highest BCUT2D eigenvalue weighted by atomic mass is 16.1. The van der Waals surface area contributed by atoms with Gasteiger partial charge in [-0.1, -0.05) is 0 Å². The molecule has 2 aromatic heterocycles. The minimum atomic E-state index is 0.0109. The summed E-state index contributed by atoms with van der Waals surface area (Å²) >= 11 is 0. The summed E-state index contributed by atoms with van der Waals surface area (Å²) in [6, 6.07) is 3.81. The lowest BCUT2D eigenvalue weighted by Crippen LogP contribution is -2.41. The molecule has 7 heteroatoms. The number of fused-ring (bicyclic) bond motifs is 1. The maximum Gasteiger partial charge on any atom is 0.225 e. The summed E-state index contributed by atoms with van der Waals surface area (Å²) in [5.74, 6) is 1.49. The van der Waals surface area contributed by atoms with Crippen molar-refractivity contribution in [1.29, 1.82) is 0 Å². The summed E-state index contributed by atoms with van der Waals surface area (Å²) in [5, 5.41) is 7.44. The highest BCUT2D eigenvalue weighted by Crippen LogP contribution is 2.28. The molecule has 2 aliphatic rings. The first-order valence-corrected chi connectivity index (χ1v) is 8.10. The van der Waals surface area contributed by atoms with Crippen LogP contribution in [0.4, 0.5) is 5.95 Å². The van der Waals surface area contributed by atoms with Gasteiger partial charge in [0.25, 0.3) is 0 Å². The summed E-state index contributed by atoms with van der Waals surface area (Å²) in [6.07, 6.45) is 8.19. The summed E-state index contributed by atoms with van der Waals surface area (Å²) in [5.41, 5.74) is 1.09. The molecule has 0 saturated heterocycles. The van der Waals surface area contributed by atoms with E-state index < -0.39 is 0 Å². The molecule has 7 nitrogen and oxygen atoms in total. The van der Waals surface area contributed by atoms with Crippen molar-refractivity contribution in [3.8, 4) is 0 Å². The zero-order valence-corrected chi connectivity index (χ0v) is 12.9. The second kappa shape index (κ2) is 5.98. The third-order valence-corrected chi connectivity index (χ3v) is 4.42. The number of aromatic nitrogens is 4. The van der Waals surface area contributed by atoms with Crippen molar-refractivity contribution < 1.29 is 4.79 Å². The molecule has 1 saturated carbocycles. The van der Waals surface area contributed by atoms with E-state index in [1.807, 2.05) is 10.7 Å². The molecule has 1 aliphatic heterocycles. The third kappa shape index (κ3) is 3.18. The normalized spacial score (nSPS) is 20.2. The molecular weight excluding hydrogens is 292 g/mol. The standard InChI is InChI=1S/C16H20N6O/c23-15(19-9-12-2-3-12)8-14-11-21(16-17-5-1-6-18-16)10-13-4-7-20-22(13)14/h1,4-7,12,14H,2-3,8-11H2,(H,19,23). The molecule has 1 N–H and O–H groups in total. The average molecular weight is 312 g/mol. The van der Waals surface area contributed by atoms with Gasteiger partial charge >= 0.3 is 0 Å². The maximum absolute atomic E-state index is 12.2. The van der Waals surface area contributed by atoms with Crippen LogP contribution in [0.3, 0.4) is 0 Å². The fourth-order valence-electron chi connectivity index (χ4n) is 3.01. The Balaban J connectivity index is 1.47. The Morgan fingerprint density at radius 3 is 2.87 bits per heavy atom. The van der Waals surface area contributed by atoms with Gasteiger partial charge in [0.1, 0.15) is 0 Å². The molecule has 3 heterocycles. The molecule has 120 valence electrons. The molecule has 2 aromatic rings. The number of nitrogens with zero attached hydrogens (tertiary/aromatic N) is 5. The number of carbonyl (C=O) groups is 1. The van der Waals surface area contributed by atoms with Gasteiger partial charge in [-0.25, -0.2) is 9.97 Å². The largest absolute Gasteiger partial charge is 0.356 e. The third-order valence-electron chi connectivity index (χ3n) is 4.42. The highest BCUT2D eigenvalue weighted by Gasteiger charge is 2.29. The number of hydrogen-bond donors (Lipinski definition) is 1. The Morgan fingerprint density at radius 1 is 1.26 bits per heavy atom. The lowest BCUT2D eigenvalue weighted by atomic mass is 10.1. The first-order valence-electron chi connectivity index (χ1n) is 8.10. The van der Waals surface area contributed by atoms with Crippen LogP contribution in [-0.4, -0.2) is 38.7 Å². The van der Waals surface area contributed by atoms with Crippen LogP contribution in [0.1, 0.15) is 31.0 Å². The molecule has 23 heavy (non-hydrogen) atoms. The van der Waals surface area contributed by atoms with Gasteiger partial charge in [0, 0.05) is 31.7 Å². The number of amides is 1. The van der Waals surface area contributed by atoms with Gasteiger partial charge < -0.3 is 10.2 Å². The number of rotatable bonds is 5. The Hall–Kier alpha value is -2.44. The van der Waals surface area contributed by atoms with E-state index in [-0.39, 0.29) is 11.9 Å². The molecular formula is C16H20N6O. The van der Waals surface area contributed by atoms with Gasteiger partial charge in [0.2, 0.25) is 11.9 Å². The Morgan fingerprint density at radius 2 is 2.09 bits per heavy atom. The van der Waals surface area contributed by atoms with E-state index in [9.17, 15) is 4.79 Å². The molecule has 0 bridgehead atoms. The van der Waals surface area contributed by atoms with Crippen molar-refractivity contribution in [3.63, 3.8) is 0 Å². The molecule has 4 rings (SSSR count). The second-order valence-corrected chi connectivity index (χ2v) is 6.30. The minimum Gasteiger partial charge on any atom is -0.356 e. The van der Waals surface area contributed by atoms with Gasteiger partial charge in [-0.2, -0.15) is 5.10 Å². The van der Waals surface area contributed by atoms with Crippen molar-refractivity contribution in [3.05, 3.63) is 36.4 Å². The Kier molecular flexibility index (Phi) is 3.69. The van der Waals surface area contributed by atoms with Crippen molar-refractivity contribution in [1.82, 2.24) is 25.1 Å². The molecule has 0 aromatic carbocycles. The fourth-order valence-corrected chi connectivity index (χ4v) is 3.01. The number of hydrogen-bond acceptors (Lipinski definition) is 5. The van der Waals surface area contributed by atoms with Crippen LogP contribution in [0.15, 0.2) is 30.7 Å². The van der Waals surface area contributed by atoms with Crippen LogP contribution < -0.4 is 10.2 Å². The van der Waals surface area contributed by atoms with E-state index in [4.69, 9.17) is 0 Å². The molecule has 0 radical (unpaired) electrons. The number of carbonyl (C=O) groups excluding carboxylic acids is 1. The predicted molar refractivity (Wildman–Crippen MR) is 84.7 cm³/mol. The lowest BCUT2D eigenvalue weighted by molar-refractivity contribution is -0.122. The second-order valence-electron chi connectivity index (χ2n) is 6.30. The monoisotopic (exact) mass is 312 g/mol. The molecule has 1 atom stereocenters. The summed E-state index contributed by atoms with van der Waals surface area (Å²) in [7, 11) is 0. The molecule has 1 unspecified atom stereocenters. The molecule has 0 spiro atoms. The zero-order chi connectivity index (χ0) is 15.6. The van der Waals surface area contributed by atoms with E-state index in [1.165, 1.54) is 12.8 Å². The highest BCUT2D eigenvalue weighted by molar-refractivity contribution is 5.76. The molecule has 1 amide bonds. The van der Waals surface area contributed by atoms with E-state index in [1.54, 1.807) is 24.7 Å². The van der Waals surface area contributed by atoms with Crippen LogP contribution in [0, 0.1) is 5.92 Å². The van der Waals surface area contributed by atoms with Crippen molar-refractivity contribution >= 4 is 11.9 Å². The van der Waals surface area contributed by atoms with Gasteiger partial charge in [-0.05, 0) is 30.9 Å². The topological polar surface area (TPSA) is 75.9 Å². The Labute approximate surface area is 134 Å². The van der Waals surface area contributed by atoms with Crippen LogP contribution in [0.5, 0.6) is 0 Å². The summed E-state index contributed by atoms with van der Waals surface area (Å²) in [6.45, 7) is 2.21. The van der Waals surface area contributed by atoms with E-state index in [0.29, 0.717) is 31.4 Å². The van der Waals surface area contributed by atoms with Crippen LogP contribution >= 0.6 is 0 Å². The maximum atomic E-state index is 12.2. The SMILES string of the molecule is O=C(CC1CN(c2ncccn2)Cc2ccnn21)NCC1CC1. The molecule has 1 fully saturated rings. The van der Waals surface area contributed by atoms with Gasteiger partial charge in [-0.15, -0.1) is 0 Å². The van der Waals surface area contributed by atoms with Crippen LogP contribution in [0.25, 0.3) is 0 Å². The summed E-state index contributed by atoms with van der Waals surface area (Å²) in [4.78, 5) is 23.0. The Bertz CT molecular complexity index is 681. The average Bonchev–Trinajstić information content (AvgIpc) is 3.29. The van der Waals surface area contributed by atoms with Crippen LogP contribution in [0.2, 0.25) is 0 Å². The number of anilines is 1. The molecule has 1 aliphatic carbocycles. The first-order chi connectivity index (χ1) is 11.3. The quantitative estimate of drug-likeness (QED) is 0.896. The fraction of sp³-hybridized carbons (Fsp3) is 0.500. The first kappa shape index (κ1) is 14.2. The van der Waals surface area contributed by atoms with Gasteiger partial charge in [-0.3, -0.25) is 9.48 Å². The van der Waals surface area contributed by atoms with Crippen molar-refractivity contribution in [2.75, 3.05) is 18.0 Å². The van der Waals surface area contributed by atoms with Crippen molar-refractivity contribution in [2.24, 2.45) is 5.92 Å². The van der Waals surface area contributed by atoms with E-state index >= 15 is 0 Å². The number of nitrogens with one attached hydrogen (secondary N) is 1. The summed E-state index contributed by atoms with van der Waals surface area (Å²) < 4.78 is 1.97. The van der Waals surface area contributed by atoms with Gasteiger partial charge in [0.15, 0.2) is 0 Å².